The zero-order valence-corrected chi connectivity index (χ0v) is 11.7. The predicted molar refractivity (Wildman–Crippen MR) is 75.9 cm³/mol. The molecule has 1 aromatic heterocycles. The highest BCUT2D eigenvalue weighted by Crippen LogP contribution is 2.20. The zero-order chi connectivity index (χ0) is 13.9. The highest BCUT2D eigenvalue weighted by Gasteiger charge is 2.20. The maximum atomic E-state index is 13.6. The van der Waals surface area contributed by atoms with Gasteiger partial charge in [-0.2, -0.15) is 0 Å². The SMILES string of the molecule is COC[C@H]1CCCN(Cc2nc3c(F)cccc3[nH]2)C1. The second-order valence-electron chi connectivity index (χ2n) is 5.52. The van der Waals surface area contributed by atoms with Gasteiger partial charge in [0.2, 0.25) is 0 Å². The molecule has 3 rings (SSSR count). The molecule has 1 aromatic carbocycles. The Morgan fingerprint density at radius 3 is 3.20 bits per heavy atom. The molecule has 1 atom stereocenters. The number of benzene rings is 1. The molecule has 0 saturated carbocycles. The van der Waals surface area contributed by atoms with Crippen LogP contribution in [0.25, 0.3) is 11.0 Å². The first-order valence-electron chi connectivity index (χ1n) is 7.10. The summed E-state index contributed by atoms with van der Waals surface area (Å²) >= 11 is 0. The van der Waals surface area contributed by atoms with Crippen LogP contribution < -0.4 is 0 Å². The number of piperidine rings is 1. The fourth-order valence-corrected chi connectivity index (χ4v) is 3.00. The second-order valence-corrected chi connectivity index (χ2v) is 5.52. The summed E-state index contributed by atoms with van der Waals surface area (Å²) in [6.45, 7) is 3.65. The summed E-state index contributed by atoms with van der Waals surface area (Å²) in [5, 5.41) is 0. The van der Waals surface area contributed by atoms with E-state index in [1.807, 2.05) is 6.07 Å². The summed E-state index contributed by atoms with van der Waals surface area (Å²) in [5.41, 5.74) is 1.21. The number of methoxy groups -OCH3 is 1. The molecule has 1 fully saturated rings. The third-order valence-electron chi connectivity index (χ3n) is 3.89. The number of nitrogens with zero attached hydrogens (tertiary/aromatic N) is 2. The minimum Gasteiger partial charge on any atom is -0.384 e. The Kier molecular flexibility index (Phi) is 3.98. The topological polar surface area (TPSA) is 41.1 Å². The molecule has 2 aromatic rings. The molecule has 0 amide bonds. The van der Waals surface area contributed by atoms with Gasteiger partial charge in [-0.05, 0) is 37.4 Å². The predicted octanol–water partition coefficient (Wildman–Crippen LogP) is 2.56. The summed E-state index contributed by atoms with van der Waals surface area (Å²) < 4.78 is 18.9. The largest absolute Gasteiger partial charge is 0.384 e. The van der Waals surface area contributed by atoms with E-state index in [1.54, 1.807) is 13.2 Å². The molecule has 2 heterocycles. The number of aromatic amines is 1. The van der Waals surface area contributed by atoms with Crippen LogP contribution in [-0.2, 0) is 11.3 Å². The minimum absolute atomic E-state index is 0.263. The van der Waals surface area contributed by atoms with Gasteiger partial charge in [0.25, 0.3) is 0 Å². The number of hydrogen-bond acceptors (Lipinski definition) is 3. The molecule has 0 spiro atoms. The summed E-state index contributed by atoms with van der Waals surface area (Å²) in [6, 6.07) is 5.01. The smallest absolute Gasteiger partial charge is 0.151 e. The standard InChI is InChI=1S/C15H20FN3O/c1-20-10-11-4-3-7-19(8-11)9-14-17-13-6-2-5-12(16)15(13)18-14/h2,5-6,11H,3-4,7-10H2,1H3,(H,17,18)/t11-/m0/s1. The van der Waals surface area contributed by atoms with Gasteiger partial charge in [0.1, 0.15) is 11.3 Å². The highest BCUT2D eigenvalue weighted by atomic mass is 19.1. The van der Waals surface area contributed by atoms with E-state index in [1.165, 1.54) is 18.9 Å². The molecule has 5 heteroatoms. The lowest BCUT2D eigenvalue weighted by Crippen LogP contribution is -2.36. The number of nitrogens with one attached hydrogen (secondary N) is 1. The van der Waals surface area contributed by atoms with Crippen LogP contribution in [-0.4, -0.2) is 41.7 Å². The van der Waals surface area contributed by atoms with Gasteiger partial charge in [-0.15, -0.1) is 0 Å². The first-order chi connectivity index (χ1) is 9.76. The molecule has 1 N–H and O–H groups in total. The average Bonchev–Trinajstić information content (AvgIpc) is 2.83. The van der Waals surface area contributed by atoms with E-state index in [-0.39, 0.29) is 5.82 Å². The van der Waals surface area contributed by atoms with Gasteiger partial charge >= 0.3 is 0 Å². The van der Waals surface area contributed by atoms with Crippen molar-refractivity contribution in [2.24, 2.45) is 5.92 Å². The third-order valence-corrected chi connectivity index (χ3v) is 3.89. The van der Waals surface area contributed by atoms with Crippen LogP contribution in [0.5, 0.6) is 0 Å². The van der Waals surface area contributed by atoms with Crippen molar-refractivity contribution in [3.63, 3.8) is 0 Å². The maximum Gasteiger partial charge on any atom is 0.151 e. The fourth-order valence-electron chi connectivity index (χ4n) is 3.00. The molecular formula is C15H20FN3O. The number of rotatable bonds is 4. The summed E-state index contributed by atoms with van der Waals surface area (Å²) in [6.07, 6.45) is 2.40. The highest BCUT2D eigenvalue weighted by molar-refractivity contribution is 5.75. The molecule has 20 heavy (non-hydrogen) atoms. The lowest BCUT2D eigenvalue weighted by molar-refractivity contribution is 0.0863. The van der Waals surface area contributed by atoms with Crippen molar-refractivity contribution in [3.05, 3.63) is 29.8 Å². The van der Waals surface area contributed by atoms with Crippen LogP contribution in [0.15, 0.2) is 18.2 Å². The number of ether oxygens (including phenoxy) is 1. The van der Waals surface area contributed by atoms with Crippen LogP contribution in [0.1, 0.15) is 18.7 Å². The number of hydrogen-bond donors (Lipinski definition) is 1. The Balaban J connectivity index is 1.71. The third kappa shape index (κ3) is 2.83. The maximum absolute atomic E-state index is 13.6. The van der Waals surface area contributed by atoms with Crippen LogP contribution in [0.3, 0.4) is 0 Å². The van der Waals surface area contributed by atoms with Gasteiger partial charge in [0.15, 0.2) is 5.82 Å². The Bertz CT molecular complexity index is 582. The first kappa shape index (κ1) is 13.5. The van der Waals surface area contributed by atoms with E-state index in [0.717, 1.165) is 37.6 Å². The van der Waals surface area contributed by atoms with E-state index in [2.05, 4.69) is 14.9 Å². The lowest BCUT2D eigenvalue weighted by atomic mass is 9.99. The minimum atomic E-state index is -0.263. The number of likely N-dealkylation sites (tertiary alicyclic amines) is 1. The number of aromatic nitrogens is 2. The van der Waals surface area contributed by atoms with E-state index in [0.29, 0.717) is 11.4 Å². The number of halogens is 1. The van der Waals surface area contributed by atoms with Gasteiger partial charge in [-0.1, -0.05) is 6.07 Å². The number of fused-ring (bicyclic) bond motifs is 1. The van der Waals surface area contributed by atoms with Gasteiger partial charge in [0, 0.05) is 13.7 Å². The summed E-state index contributed by atoms with van der Waals surface area (Å²) in [7, 11) is 1.75. The summed E-state index contributed by atoms with van der Waals surface area (Å²) in [5.74, 6) is 1.17. The zero-order valence-electron chi connectivity index (χ0n) is 11.7. The van der Waals surface area contributed by atoms with Gasteiger partial charge in [-0.3, -0.25) is 4.90 Å². The molecule has 1 aliphatic rings. The Hall–Kier alpha value is -1.46. The normalized spacial score (nSPS) is 20.6. The quantitative estimate of drug-likeness (QED) is 0.934. The Labute approximate surface area is 117 Å². The van der Waals surface area contributed by atoms with Crippen molar-refractivity contribution < 1.29 is 9.13 Å². The van der Waals surface area contributed by atoms with Crippen molar-refractivity contribution >= 4 is 11.0 Å². The van der Waals surface area contributed by atoms with E-state index < -0.39 is 0 Å². The number of para-hydroxylation sites is 1. The van der Waals surface area contributed by atoms with Gasteiger partial charge < -0.3 is 9.72 Å². The molecule has 108 valence electrons. The van der Waals surface area contributed by atoms with Crippen LogP contribution >= 0.6 is 0 Å². The van der Waals surface area contributed by atoms with Crippen molar-refractivity contribution in [3.8, 4) is 0 Å². The fraction of sp³-hybridized carbons (Fsp3) is 0.533. The number of imidazole rings is 1. The van der Waals surface area contributed by atoms with Crippen LogP contribution in [0, 0.1) is 11.7 Å². The van der Waals surface area contributed by atoms with Crippen LogP contribution in [0.4, 0.5) is 4.39 Å². The molecular weight excluding hydrogens is 257 g/mol. The van der Waals surface area contributed by atoms with E-state index in [4.69, 9.17) is 4.74 Å². The van der Waals surface area contributed by atoms with Crippen LogP contribution in [0.2, 0.25) is 0 Å². The second kappa shape index (κ2) is 5.89. The Morgan fingerprint density at radius 1 is 1.50 bits per heavy atom. The summed E-state index contributed by atoms with van der Waals surface area (Å²) in [4.78, 5) is 9.94. The molecule has 0 unspecified atom stereocenters. The van der Waals surface area contributed by atoms with E-state index >= 15 is 0 Å². The monoisotopic (exact) mass is 277 g/mol. The van der Waals surface area contributed by atoms with Gasteiger partial charge in [-0.25, -0.2) is 9.37 Å². The molecule has 1 saturated heterocycles. The number of H-pyrrole nitrogens is 1. The molecule has 0 aliphatic carbocycles. The van der Waals surface area contributed by atoms with Crippen molar-refractivity contribution in [2.75, 3.05) is 26.8 Å². The molecule has 0 radical (unpaired) electrons. The van der Waals surface area contributed by atoms with Crippen molar-refractivity contribution in [1.82, 2.24) is 14.9 Å². The van der Waals surface area contributed by atoms with Crippen molar-refractivity contribution in [1.29, 1.82) is 0 Å². The van der Waals surface area contributed by atoms with Gasteiger partial charge in [0.05, 0.1) is 18.7 Å². The average molecular weight is 277 g/mol. The van der Waals surface area contributed by atoms with Crippen molar-refractivity contribution in [2.45, 2.75) is 19.4 Å². The Morgan fingerprint density at radius 2 is 2.40 bits per heavy atom. The molecule has 4 nitrogen and oxygen atoms in total. The first-order valence-corrected chi connectivity index (χ1v) is 7.10. The lowest BCUT2D eigenvalue weighted by Gasteiger charge is -2.31. The molecule has 0 bridgehead atoms. The molecule has 1 aliphatic heterocycles. The van der Waals surface area contributed by atoms with E-state index in [9.17, 15) is 4.39 Å².